The third-order valence-electron chi connectivity index (χ3n) is 6.12. The van der Waals surface area contributed by atoms with Crippen molar-refractivity contribution in [3.05, 3.63) is 55.1 Å². The molecule has 0 radical (unpaired) electrons. The van der Waals surface area contributed by atoms with Crippen LogP contribution < -0.4 is 21.3 Å². The smallest absolute Gasteiger partial charge is 0.247 e. The molecule has 0 aromatic heterocycles. The van der Waals surface area contributed by atoms with Crippen molar-refractivity contribution >= 4 is 35.2 Å². The average Bonchev–Trinajstić information content (AvgIpc) is 3.38. The number of likely N-dealkylation sites (N-methyl/N-ethyl adjacent to an activating group) is 1. The van der Waals surface area contributed by atoms with E-state index >= 15 is 0 Å². The molecule has 0 bridgehead atoms. The molecule has 0 saturated carbocycles. The minimum atomic E-state index is -1.04. The Kier molecular flexibility index (Phi) is 11.0. The molecule has 1 fully saturated rings. The van der Waals surface area contributed by atoms with Crippen LogP contribution in [-0.2, 0) is 30.5 Å². The molecule has 1 aliphatic heterocycles. The summed E-state index contributed by atoms with van der Waals surface area (Å²) in [5, 5.41) is 10.8. The third-order valence-corrected chi connectivity index (χ3v) is 6.12. The van der Waals surface area contributed by atoms with Gasteiger partial charge in [-0.15, -0.1) is 0 Å². The van der Waals surface area contributed by atoms with E-state index < -0.39 is 29.9 Å². The van der Waals surface area contributed by atoms with Gasteiger partial charge in [0.15, 0.2) is 0 Å². The van der Waals surface area contributed by atoms with Crippen molar-refractivity contribution in [3.8, 4) is 0 Å². The summed E-state index contributed by atoms with van der Waals surface area (Å²) < 4.78 is 0. The molecule has 4 N–H and O–H groups in total. The van der Waals surface area contributed by atoms with E-state index in [1.165, 1.54) is 11.0 Å². The molecular formula is C26H36N6O5. The van der Waals surface area contributed by atoms with Gasteiger partial charge >= 0.3 is 0 Å². The summed E-state index contributed by atoms with van der Waals surface area (Å²) in [4.78, 5) is 65.5. The SMILES string of the molecule is C=CC(=O)NC[C@H](NC(=O)[C@H](C)N(C)C)C(=O)N1CCC[C@H]1C(=O)NCc1cccc(NC(=O)C=C)c1. The quantitative estimate of drug-likeness (QED) is 0.294. The predicted octanol–water partition coefficient (Wildman–Crippen LogP) is 0.155. The largest absolute Gasteiger partial charge is 0.350 e. The molecule has 0 aliphatic carbocycles. The first kappa shape index (κ1) is 29.2. The number of carbonyl (C=O) groups is 5. The normalized spacial score (nSPS) is 16.3. The van der Waals surface area contributed by atoms with Crippen LogP contribution in [-0.4, -0.2) is 84.6 Å². The Morgan fingerprint density at radius 2 is 1.81 bits per heavy atom. The van der Waals surface area contributed by atoms with Crippen molar-refractivity contribution in [1.82, 2.24) is 25.8 Å². The fraction of sp³-hybridized carbons (Fsp3) is 0.423. The van der Waals surface area contributed by atoms with E-state index in [0.717, 1.165) is 11.6 Å². The van der Waals surface area contributed by atoms with Gasteiger partial charge in [-0.1, -0.05) is 25.3 Å². The number of anilines is 1. The topological polar surface area (TPSA) is 140 Å². The van der Waals surface area contributed by atoms with Gasteiger partial charge in [0.05, 0.1) is 6.04 Å². The monoisotopic (exact) mass is 512 g/mol. The molecule has 5 amide bonds. The van der Waals surface area contributed by atoms with Gasteiger partial charge in [0, 0.05) is 25.3 Å². The highest BCUT2D eigenvalue weighted by atomic mass is 16.2. The summed E-state index contributed by atoms with van der Waals surface area (Å²) >= 11 is 0. The lowest BCUT2D eigenvalue weighted by Gasteiger charge is -2.30. The Morgan fingerprint density at radius 3 is 2.46 bits per heavy atom. The first-order valence-corrected chi connectivity index (χ1v) is 12.0. The van der Waals surface area contributed by atoms with Crippen LogP contribution in [0.25, 0.3) is 0 Å². The Balaban J connectivity index is 2.09. The van der Waals surface area contributed by atoms with Gasteiger partial charge in [0.1, 0.15) is 12.1 Å². The number of hydrogen-bond donors (Lipinski definition) is 4. The van der Waals surface area contributed by atoms with E-state index in [9.17, 15) is 24.0 Å². The van der Waals surface area contributed by atoms with E-state index in [0.29, 0.717) is 25.1 Å². The van der Waals surface area contributed by atoms with Gasteiger partial charge in [0.2, 0.25) is 29.5 Å². The summed E-state index contributed by atoms with van der Waals surface area (Å²) in [7, 11) is 3.48. The second-order valence-corrected chi connectivity index (χ2v) is 8.95. The minimum absolute atomic E-state index is 0.135. The molecule has 0 spiro atoms. The Morgan fingerprint density at radius 1 is 1.11 bits per heavy atom. The second kappa shape index (κ2) is 13.9. The van der Waals surface area contributed by atoms with Gasteiger partial charge in [-0.25, -0.2) is 0 Å². The van der Waals surface area contributed by atoms with E-state index in [1.807, 2.05) is 0 Å². The predicted molar refractivity (Wildman–Crippen MR) is 140 cm³/mol. The molecule has 37 heavy (non-hydrogen) atoms. The second-order valence-electron chi connectivity index (χ2n) is 8.95. The molecule has 200 valence electrons. The van der Waals surface area contributed by atoms with Crippen LogP contribution >= 0.6 is 0 Å². The highest BCUT2D eigenvalue weighted by Crippen LogP contribution is 2.19. The van der Waals surface area contributed by atoms with E-state index in [2.05, 4.69) is 34.4 Å². The molecule has 0 unspecified atom stereocenters. The lowest BCUT2D eigenvalue weighted by Crippen LogP contribution is -2.58. The minimum Gasteiger partial charge on any atom is -0.350 e. The van der Waals surface area contributed by atoms with Crippen LogP contribution in [0.1, 0.15) is 25.3 Å². The Labute approximate surface area is 217 Å². The maximum atomic E-state index is 13.4. The zero-order chi connectivity index (χ0) is 27.5. The van der Waals surface area contributed by atoms with Gasteiger partial charge in [-0.3, -0.25) is 28.9 Å². The van der Waals surface area contributed by atoms with Gasteiger partial charge in [-0.05, 0) is 63.7 Å². The summed E-state index contributed by atoms with van der Waals surface area (Å²) in [6, 6.07) is 4.76. The average molecular weight is 513 g/mol. The number of carbonyl (C=O) groups excluding carboxylic acids is 5. The maximum absolute atomic E-state index is 13.4. The van der Waals surface area contributed by atoms with E-state index in [1.54, 1.807) is 50.2 Å². The maximum Gasteiger partial charge on any atom is 0.247 e. The first-order chi connectivity index (χ1) is 17.6. The standard InChI is InChI=1S/C26H36N6O5/c1-6-22(33)27-16-20(30-24(35)17(3)31(4)5)26(37)32-13-9-12-21(32)25(36)28-15-18-10-8-11-19(14-18)29-23(34)7-2/h6-8,10-11,14,17,20-21H,1-2,9,12-13,15-16H2,3-5H3,(H,27,33)(H,28,36)(H,29,34)(H,30,35)/t17-,20-,21-/m0/s1. The fourth-order valence-electron chi connectivity index (χ4n) is 3.76. The van der Waals surface area contributed by atoms with Crippen molar-refractivity contribution in [2.75, 3.05) is 32.5 Å². The third kappa shape index (κ3) is 8.57. The molecular weight excluding hydrogens is 476 g/mol. The Bertz CT molecular complexity index is 1040. The van der Waals surface area contributed by atoms with Gasteiger partial charge in [0.25, 0.3) is 0 Å². The lowest BCUT2D eigenvalue weighted by molar-refractivity contribution is -0.142. The number of benzene rings is 1. The van der Waals surface area contributed by atoms with Crippen LogP contribution in [0.15, 0.2) is 49.6 Å². The highest BCUT2D eigenvalue weighted by molar-refractivity contribution is 5.99. The van der Waals surface area contributed by atoms with Crippen LogP contribution in [0.3, 0.4) is 0 Å². The van der Waals surface area contributed by atoms with Crippen molar-refractivity contribution < 1.29 is 24.0 Å². The molecule has 1 heterocycles. The molecule has 2 rings (SSSR count). The van der Waals surface area contributed by atoms with Crippen LogP contribution in [0.2, 0.25) is 0 Å². The van der Waals surface area contributed by atoms with Crippen molar-refractivity contribution in [3.63, 3.8) is 0 Å². The highest BCUT2D eigenvalue weighted by Gasteiger charge is 2.38. The zero-order valence-corrected chi connectivity index (χ0v) is 21.6. The molecule has 11 nitrogen and oxygen atoms in total. The number of hydrogen-bond acceptors (Lipinski definition) is 6. The van der Waals surface area contributed by atoms with Crippen molar-refractivity contribution in [2.24, 2.45) is 0 Å². The van der Waals surface area contributed by atoms with Gasteiger partial charge < -0.3 is 26.2 Å². The van der Waals surface area contributed by atoms with Crippen LogP contribution in [0, 0.1) is 0 Å². The summed E-state index contributed by atoms with van der Waals surface area (Å²) in [5.74, 6) is -1.97. The molecule has 1 aliphatic rings. The lowest BCUT2D eigenvalue weighted by atomic mass is 10.1. The zero-order valence-electron chi connectivity index (χ0n) is 21.6. The molecule has 1 aromatic rings. The number of amides is 5. The van der Waals surface area contributed by atoms with Gasteiger partial charge in [-0.2, -0.15) is 0 Å². The molecule has 11 heteroatoms. The summed E-state index contributed by atoms with van der Waals surface area (Å²) in [6.45, 7) is 8.93. The fourth-order valence-corrected chi connectivity index (χ4v) is 3.76. The number of nitrogens with zero attached hydrogens (tertiary/aromatic N) is 2. The first-order valence-electron chi connectivity index (χ1n) is 12.0. The van der Waals surface area contributed by atoms with E-state index in [-0.39, 0.29) is 30.8 Å². The molecule has 1 aromatic carbocycles. The summed E-state index contributed by atoms with van der Waals surface area (Å²) in [6.07, 6.45) is 3.34. The molecule has 3 atom stereocenters. The number of nitrogens with one attached hydrogen (secondary N) is 4. The summed E-state index contributed by atoms with van der Waals surface area (Å²) in [5.41, 5.74) is 1.34. The van der Waals surface area contributed by atoms with Crippen LogP contribution in [0.5, 0.6) is 0 Å². The van der Waals surface area contributed by atoms with E-state index in [4.69, 9.17) is 0 Å². The molecule has 1 saturated heterocycles. The number of rotatable bonds is 12. The van der Waals surface area contributed by atoms with Crippen LogP contribution in [0.4, 0.5) is 5.69 Å². The Hall–Kier alpha value is -3.99. The number of likely N-dealkylation sites (tertiary alicyclic amines) is 1. The van der Waals surface area contributed by atoms with Crippen molar-refractivity contribution in [2.45, 2.75) is 44.4 Å². The van der Waals surface area contributed by atoms with Crippen molar-refractivity contribution in [1.29, 1.82) is 0 Å².